The van der Waals surface area contributed by atoms with Gasteiger partial charge in [0.25, 0.3) is 0 Å². The highest BCUT2D eigenvalue weighted by atomic mass is 32.1. The lowest BCUT2D eigenvalue weighted by atomic mass is 10.3. The second kappa shape index (κ2) is 6.24. The first-order valence-electron chi connectivity index (χ1n) is 4.87. The fraction of sp³-hybridized carbons (Fsp3) is 0.364. The Morgan fingerprint density at radius 1 is 1.27 bits per heavy atom. The quantitative estimate of drug-likeness (QED) is 0.753. The number of rotatable bonds is 6. The van der Waals surface area contributed by atoms with Gasteiger partial charge in [-0.05, 0) is 18.6 Å². The first-order valence-corrected chi connectivity index (χ1v) is 5.27. The van der Waals surface area contributed by atoms with E-state index in [1.807, 2.05) is 24.3 Å². The Morgan fingerprint density at radius 2 is 1.87 bits per heavy atom. The summed E-state index contributed by atoms with van der Waals surface area (Å²) in [4.78, 5) is 0.334. The summed E-state index contributed by atoms with van der Waals surface area (Å²) in [7, 11) is 0. The maximum atomic E-state index is 5.51. The molecule has 0 bridgehead atoms. The van der Waals surface area contributed by atoms with E-state index in [2.05, 4.69) is 6.92 Å². The molecule has 0 aromatic heterocycles. The highest BCUT2D eigenvalue weighted by Gasteiger charge is 2.03. The molecular formula is C11H15NO2S. The van der Waals surface area contributed by atoms with E-state index in [0.29, 0.717) is 17.3 Å². The summed E-state index contributed by atoms with van der Waals surface area (Å²) in [5.41, 5.74) is 5.36. The molecule has 0 saturated heterocycles. The van der Waals surface area contributed by atoms with Gasteiger partial charge >= 0.3 is 0 Å². The van der Waals surface area contributed by atoms with Crippen molar-refractivity contribution in [3.8, 4) is 11.5 Å². The molecule has 0 heterocycles. The van der Waals surface area contributed by atoms with Crippen LogP contribution in [0.1, 0.15) is 13.3 Å². The van der Waals surface area contributed by atoms with Gasteiger partial charge in [0.15, 0.2) is 11.5 Å². The number of hydrogen-bond donors (Lipinski definition) is 1. The van der Waals surface area contributed by atoms with Crippen molar-refractivity contribution in [1.82, 2.24) is 0 Å². The Hall–Kier alpha value is -1.29. The molecule has 0 aliphatic rings. The zero-order chi connectivity index (χ0) is 11.1. The molecule has 3 nitrogen and oxygen atoms in total. The molecule has 1 aromatic rings. The highest BCUT2D eigenvalue weighted by Crippen LogP contribution is 2.26. The number of nitrogens with two attached hydrogens (primary N) is 1. The van der Waals surface area contributed by atoms with Crippen LogP contribution in [0.3, 0.4) is 0 Å². The predicted molar refractivity (Wildman–Crippen MR) is 64.5 cm³/mol. The minimum atomic E-state index is 0.238. The number of hydrogen-bond acceptors (Lipinski definition) is 3. The Morgan fingerprint density at radius 3 is 2.40 bits per heavy atom. The first kappa shape index (κ1) is 11.8. The van der Waals surface area contributed by atoms with Gasteiger partial charge in [-0.25, -0.2) is 0 Å². The molecule has 82 valence electrons. The smallest absolute Gasteiger partial charge is 0.161 e. The van der Waals surface area contributed by atoms with Crippen LogP contribution >= 0.6 is 12.2 Å². The molecule has 4 heteroatoms. The summed E-state index contributed by atoms with van der Waals surface area (Å²) >= 11 is 4.74. The number of benzene rings is 1. The molecule has 15 heavy (non-hydrogen) atoms. The van der Waals surface area contributed by atoms with Crippen LogP contribution in [0.25, 0.3) is 0 Å². The van der Waals surface area contributed by atoms with Gasteiger partial charge in [0.1, 0.15) is 11.6 Å². The minimum Gasteiger partial charge on any atom is -0.490 e. The Labute approximate surface area is 95.2 Å². The Kier molecular flexibility index (Phi) is 4.90. The van der Waals surface area contributed by atoms with Crippen molar-refractivity contribution in [1.29, 1.82) is 0 Å². The lowest BCUT2D eigenvalue weighted by Crippen LogP contribution is -2.18. The Balaban J connectivity index is 2.63. The highest BCUT2D eigenvalue weighted by molar-refractivity contribution is 7.80. The van der Waals surface area contributed by atoms with Gasteiger partial charge < -0.3 is 15.2 Å². The van der Waals surface area contributed by atoms with Crippen molar-refractivity contribution in [2.45, 2.75) is 13.3 Å². The molecule has 0 radical (unpaired) electrons. The normalized spacial score (nSPS) is 9.67. The standard InChI is InChI=1S/C11H15NO2S/c1-2-7-13-9-5-3-4-6-10(9)14-8-11(12)15/h3-6H,2,7-8H2,1H3,(H2,12,15). The molecule has 1 aromatic carbocycles. The fourth-order valence-corrected chi connectivity index (χ4v) is 1.11. The van der Waals surface area contributed by atoms with Gasteiger partial charge in [-0.3, -0.25) is 0 Å². The van der Waals surface area contributed by atoms with Crippen LogP contribution in [0.5, 0.6) is 11.5 Å². The lowest BCUT2D eigenvalue weighted by Gasteiger charge is -2.11. The van der Waals surface area contributed by atoms with Crippen LogP contribution in [0.4, 0.5) is 0 Å². The summed E-state index contributed by atoms with van der Waals surface area (Å²) in [5, 5.41) is 0. The average molecular weight is 225 g/mol. The maximum absolute atomic E-state index is 5.51. The van der Waals surface area contributed by atoms with Gasteiger partial charge in [0.05, 0.1) is 6.61 Å². The van der Waals surface area contributed by atoms with Gasteiger partial charge in [0, 0.05) is 0 Å². The molecule has 0 aliphatic carbocycles. The van der Waals surface area contributed by atoms with Crippen LogP contribution in [-0.4, -0.2) is 18.2 Å². The van der Waals surface area contributed by atoms with E-state index < -0.39 is 0 Å². The summed E-state index contributed by atoms with van der Waals surface area (Å²) in [6, 6.07) is 7.49. The zero-order valence-corrected chi connectivity index (χ0v) is 9.55. The van der Waals surface area contributed by atoms with Crippen LogP contribution in [0.2, 0.25) is 0 Å². The third-order valence-electron chi connectivity index (χ3n) is 1.68. The van der Waals surface area contributed by atoms with E-state index in [9.17, 15) is 0 Å². The predicted octanol–water partition coefficient (Wildman–Crippen LogP) is 2.14. The molecule has 0 saturated carbocycles. The van der Waals surface area contributed by atoms with E-state index in [1.165, 1.54) is 0 Å². The molecular weight excluding hydrogens is 210 g/mol. The zero-order valence-electron chi connectivity index (χ0n) is 8.73. The molecule has 0 aliphatic heterocycles. The van der Waals surface area contributed by atoms with Crippen LogP contribution < -0.4 is 15.2 Å². The lowest BCUT2D eigenvalue weighted by molar-refractivity contribution is 0.287. The fourth-order valence-electron chi connectivity index (χ4n) is 1.05. The summed E-state index contributed by atoms with van der Waals surface area (Å²) in [5.74, 6) is 1.41. The van der Waals surface area contributed by atoms with Crippen molar-refractivity contribution in [2.75, 3.05) is 13.2 Å². The maximum Gasteiger partial charge on any atom is 0.161 e. The van der Waals surface area contributed by atoms with Crippen LogP contribution in [0.15, 0.2) is 24.3 Å². The second-order valence-electron chi connectivity index (χ2n) is 3.05. The van der Waals surface area contributed by atoms with Gasteiger partial charge in [-0.2, -0.15) is 0 Å². The van der Waals surface area contributed by atoms with Crippen molar-refractivity contribution < 1.29 is 9.47 Å². The topological polar surface area (TPSA) is 44.5 Å². The van der Waals surface area contributed by atoms with E-state index in [0.717, 1.165) is 12.2 Å². The van der Waals surface area contributed by atoms with Crippen molar-refractivity contribution in [3.63, 3.8) is 0 Å². The van der Waals surface area contributed by atoms with Crippen molar-refractivity contribution in [3.05, 3.63) is 24.3 Å². The molecule has 0 fully saturated rings. The third kappa shape index (κ3) is 4.16. The van der Waals surface area contributed by atoms with Gasteiger partial charge in [-0.1, -0.05) is 31.3 Å². The molecule has 0 spiro atoms. The summed E-state index contributed by atoms with van der Waals surface area (Å²) < 4.78 is 10.9. The minimum absolute atomic E-state index is 0.238. The SMILES string of the molecule is CCCOc1ccccc1OCC(N)=S. The van der Waals surface area contributed by atoms with Gasteiger partial charge in [0.2, 0.25) is 0 Å². The molecule has 0 amide bonds. The first-order chi connectivity index (χ1) is 7.24. The number of para-hydroxylation sites is 2. The van der Waals surface area contributed by atoms with Crippen LogP contribution in [0, 0.1) is 0 Å². The number of thiocarbonyl (C=S) groups is 1. The summed E-state index contributed by atoms with van der Waals surface area (Å²) in [6.45, 7) is 2.97. The number of ether oxygens (including phenoxy) is 2. The molecule has 0 atom stereocenters. The van der Waals surface area contributed by atoms with Gasteiger partial charge in [-0.15, -0.1) is 0 Å². The van der Waals surface area contributed by atoms with E-state index >= 15 is 0 Å². The molecule has 2 N–H and O–H groups in total. The van der Waals surface area contributed by atoms with Crippen LogP contribution in [-0.2, 0) is 0 Å². The summed E-state index contributed by atoms with van der Waals surface area (Å²) in [6.07, 6.45) is 0.962. The van der Waals surface area contributed by atoms with Crippen molar-refractivity contribution >= 4 is 17.2 Å². The molecule has 0 unspecified atom stereocenters. The second-order valence-corrected chi connectivity index (χ2v) is 3.57. The average Bonchev–Trinajstić information content (AvgIpc) is 2.24. The van der Waals surface area contributed by atoms with E-state index in [4.69, 9.17) is 27.4 Å². The van der Waals surface area contributed by atoms with E-state index in [1.54, 1.807) is 0 Å². The monoisotopic (exact) mass is 225 g/mol. The molecule has 1 rings (SSSR count). The van der Waals surface area contributed by atoms with Crippen molar-refractivity contribution in [2.24, 2.45) is 5.73 Å². The third-order valence-corrected chi connectivity index (χ3v) is 1.80. The Bertz CT molecular complexity index is 328. The largest absolute Gasteiger partial charge is 0.490 e. The van der Waals surface area contributed by atoms with E-state index in [-0.39, 0.29) is 6.61 Å².